The molecular formula is C12H18N4O3. The number of likely N-dealkylation sites (tertiary alicyclic amines) is 2. The molecule has 2 aliphatic rings. The van der Waals surface area contributed by atoms with Crippen LogP contribution in [0.15, 0.2) is 0 Å². The number of hydrogen-bond donors (Lipinski definition) is 1. The maximum Gasteiger partial charge on any atom is 0.404 e. The first kappa shape index (κ1) is 13.6. The highest BCUT2D eigenvalue weighted by molar-refractivity contribution is 5.79. The third kappa shape index (κ3) is 3.35. The van der Waals surface area contributed by atoms with Crippen molar-refractivity contribution in [2.45, 2.75) is 31.4 Å². The van der Waals surface area contributed by atoms with Gasteiger partial charge in [0.15, 0.2) is 0 Å². The molecule has 2 rings (SSSR count). The van der Waals surface area contributed by atoms with E-state index < -0.39 is 6.09 Å². The monoisotopic (exact) mass is 266 g/mol. The van der Waals surface area contributed by atoms with Crippen molar-refractivity contribution in [3.05, 3.63) is 0 Å². The van der Waals surface area contributed by atoms with Gasteiger partial charge >= 0.3 is 6.09 Å². The maximum absolute atomic E-state index is 12.1. The van der Waals surface area contributed by atoms with Crippen LogP contribution in [0.3, 0.4) is 0 Å². The average molecular weight is 266 g/mol. The van der Waals surface area contributed by atoms with Gasteiger partial charge < -0.3 is 15.4 Å². The van der Waals surface area contributed by atoms with Crippen LogP contribution in [0, 0.1) is 11.3 Å². The number of ether oxygens (including phenoxy) is 1. The molecule has 0 aromatic carbocycles. The Balaban J connectivity index is 1.81. The Morgan fingerprint density at radius 3 is 2.84 bits per heavy atom. The van der Waals surface area contributed by atoms with Crippen LogP contribution < -0.4 is 5.73 Å². The number of hydrogen-bond acceptors (Lipinski definition) is 5. The van der Waals surface area contributed by atoms with Crippen molar-refractivity contribution < 1.29 is 14.3 Å². The number of rotatable bonds is 3. The summed E-state index contributed by atoms with van der Waals surface area (Å²) in [6.45, 7) is 2.16. The van der Waals surface area contributed by atoms with E-state index in [-0.39, 0.29) is 24.6 Å². The molecule has 0 spiro atoms. The Morgan fingerprint density at radius 1 is 1.37 bits per heavy atom. The summed E-state index contributed by atoms with van der Waals surface area (Å²) in [5.41, 5.74) is 4.96. The molecule has 7 nitrogen and oxygen atoms in total. The zero-order chi connectivity index (χ0) is 13.8. The number of primary amides is 1. The molecule has 2 N–H and O–H groups in total. The zero-order valence-corrected chi connectivity index (χ0v) is 10.7. The van der Waals surface area contributed by atoms with Gasteiger partial charge in [0.2, 0.25) is 5.91 Å². The number of nitriles is 1. The third-order valence-electron chi connectivity index (χ3n) is 3.59. The van der Waals surface area contributed by atoms with E-state index in [4.69, 9.17) is 15.7 Å². The van der Waals surface area contributed by atoms with Gasteiger partial charge in [0.25, 0.3) is 0 Å². The molecule has 7 heteroatoms. The molecule has 0 unspecified atom stereocenters. The lowest BCUT2D eigenvalue weighted by Gasteiger charge is -2.23. The normalized spacial score (nSPS) is 27.2. The first-order chi connectivity index (χ1) is 9.10. The van der Waals surface area contributed by atoms with Crippen LogP contribution in [-0.2, 0) is 9.53 Å². The molecule has 0 aromatic heterocycles. The predicted octanol–water partition coefficient (Wildman–Crippen LogP) is -0.329. The quantitative estimate of drug-likeness (QED) is 0.754. The Kier molecular flexibility index (Phi) is 4.22. The van der Waals surface area contributed by atoms with Crippen LogP contribution in [0.4, 0.5) is 4.79 Å². The fourth-order valence-corrected chi connectivity index (χ4v) is 2.68. The second-order valence-corrected chi connectivity index (χ2v) is 4.96. The zero-order valence-electron chi connectivity index (χ0n) is 10.7. The van der Waals surface area contributed by atoms with Gasteiger partial charge in [-0.15, -0.1) is 0 Å². The smallest absolute Gasteiger partial charge is 0.404 e. The Hall–Kier alpha value is -1.81. The van der Waals surface area contributed by atoms with Crippen molar-refractivity contribution in [2.24, 2.45) is 5.73 Å². The predicted molar refractivity (Wildman–Crippen MR) is 65.9 cm³/mol. The number of carbonyl (C=O) groups is 2. The van der Waals surface area contributed by atoms with Crippen LogP contribution in [0.5, 0.6) is 0 Å². The van der Waals surface area contributed by atoms with Gasteiger partial charge in [-0.3, -0.25) is 9.69 Å². The molecule has 0 radical (unpaired) electrons. The van der Waals surface area contributed by atoms with Crippen molar-refractivity contribution in [1.29, 1.82) is 5.26 Å². The molecule has 0 aromatic rings. The molecule has 2 saturated heterocycles. The van der Waals surface area contributed by atoms with Crippen LogP contribution in [0.25, 0.3) is 0 Å². The van der Waals surface area contributed by atoms with Crippen molar-refractivity contribution in [3.8, 4) is 6.07 Å². The fraction of sp³-hybridized carbons (Fsp3) is 0.750. The molecule has 19 heavy (non-hydrogen) atoms. The fourth-order valence-electron chi connectivity index (χ4n) is 2.68. The van der Waals surface area contributed by atoms with Gasteiger partial charge in [-0.25, -0.2) is 4.79 Å². The summed E-state index contributed by atoms with van der Waals surface area (Å²) in [6, 6.07) is 1.87. The van der Waals surface area contributed by atoms with E-state index >= 15 is 0 Å². The molecule has 2 aliphatic heterocycles. The molecule has 2 heterocycles. The van der Waals surface area contributed by atoms with Gasteiger partial charge in [-0.2, -0.15) is 5.26 Å². The molecule has 0 aliphatic carbocycles. The summed E-state index contributed by atoms with van der Waals surface area (Å²) in [5, 5.41) is 8.96. The minimum atomic E-state index is -0.776. The average Bonchev–Trinajstić information content (AvgIpc) is 2.96. The number of nitrogens with two attached hydrogens (primary N) is 1. The van der Waals surface area contributed by atoms with Crippen molar-refractivity contribution in [3.63, 3.8) is 0 Å². The van der Waals surface area contributed by atoms with Crippen LogP contribution in [-0.4, -0.2) is 60.1 Å². The summed E-state index contributed by atoms with van der Waals surface area (Å²) in [7, 11) is 0. The lowest BCUT2D eigenvalue weighted by molar-refractivity contribution is -0.132. The number of amides is 2. The standard InChI is InChI=1S/C12H18N4O3/c13-6-9-2-1-4-16(9)11(17)8-15-5-3-10(7-15)19-12(14)18/h9-10H,1-5,7-8H2,(H2,14,18)/t9-,10-/m0/s1. The van der Waals surface area contributed by atoms with Crippen LogP contribution >= 0.6 is 0 Å². The van der Waals surface area contributed by atoms with E-state index in [0.717, 1.165) is 12.8 Å². The summed E-state index contributed by atoms with van der Waals surface area (Å²) >= 11 is 0. The first-order valence-corrected chi connectivity index (χ1v) is 6.47. The van der Waals surface area contributed by atoms with Gasteiger partial charge in [0, 0.05) is 19.6 Å². The molecule has 0 saturated carbocycles. The Bertz CT molecular complexity index is 406. The number of carbonyl (C=O) groups excluding carboxylic acids is 2. The highest BCUT2D eigenvalue weighted by Gasteiger charge is 2.32. The molecule has 2 atom stereocenters. The van der Waals surface area contributed by atoms with Gasteiger partial charge in [0.1, 0.15) is 12.1 Å². The number of nitrogens with zero attached hydrogens (tertiary/aromatic N) is 3. The van der Waals surface area contributed by atoms with Crippen molar-refractivity contribution >= 4 is 12.0 Å². The van der Waals surface area contributed by atoms with E-state index in [2.05, 4.69) is 6.07 Å². The SMILES string of the molecule is N#C[C@@H]1CCCN1C(=O)CN1CC[C@H](OC(N)=O)C1. The van der Waals surface area contributed by atoms with Crippen molar-refractivity contribution in [1.82, 2.24) is 9.80 Å². The van der Waals surface area contributed by atoms with Gasteiger partial charge in [0.05, 0.1) is 12.6 Å². The maximum atomic E-state index is 12.1. The summed E-state index contributed by atoms with van der Waals surface area (Å²) in [4.78, 5) is 26.3. The second-order valence-electron chi connectivity index (χ2n) is 4.96. The third-order valence-corrected chi connectivity index (χ3v) is 3.59. The summed E-state index contributed by atoms with van der Waals surface area (Å²) in [5.74, 6) is -0.0243. The second kappa shape index (κ2) is 5.89. The van der Waals surface area contributed by atoms with E-state index in [1.165, 1.54) is 0 Å². The highest BCUT2D eigenvalue weighted by atomic mass is 16.6. The van der Waals surface area contributed by atoms with E-state index in [1.54, 1.807) is 4.90 Å². The van der Waals surface area contributed by atoms with Gasteiger partial charge in [-0.1, -0.05) is 0 Å². The molecule has 104 valence electrons. The molecule has 0 bridgehead atoms. The van der Waals surface area contributed by atoms with E-state index in [0.29, 0.717) is 26.1 Å². The van der Waals surface area contributed by atoms with E-state index in [1.807, 2.05) is 4.90 Å². The van der Waals surface area contributed by atoms with Crippen LogP contribution in [0.2, 0.25) is 0 Å². The van der Waals surface area contributed by atoms with E-state index in [9.17, 15) is 9.59 Å². The van der Waals surface area contributed by atoms with Crippen LogP contribution in [0.1, 0.15) is 19.3 Å². The largest absolute Gasteiger partial charge is 0.445 e. The molecule has 2 amide bonds. The lowest BCUT2D eigenvalue weighted by Crippen LogP contribution is -2.42. The first-order valence-electron chi connectivity index (χ1n) is 6.47. The lowest BCUT2D eigenvalue weighted by atomic mass is 10.2. The summed E-state index contributed by atoms with van der Waals surface area (Å²) < 4.78 is 4.91. The van der Waals surface area contributed by atoms with Gasteiger partial charge in [-0.05, 0) is 19.3 Å². The topological polar surface area (TPSA) is 99.7 Å². The summed E-state index contributed by atoms with van der Waals surface area (Å²) in [6.07, 6.45) is 1.34. The Morgan fingerprint density at radius 2 is 2.16 bits per heavy atom. The Labute approximate surface area is 111 Å². The minimum absolute atomic E-state index is 0.0243. The molecular weight excluding hydrogens is 248 g/mol. The minimum Gasteiger partial charge on any atom is -0.445 e. The van der Waals surface area contributed by atoms with Crippen molar-refractivity contribution in [2.75, 3.05) is 26.2 Å². The highest BCUT2D eigenvalue weighted by Crippen LogP contribution is 2.18. The molecule has 2 fully saturated rings.